The summed E-state index contributed by atoms with van der Waals surface area (Å²) in [5, 5.41) is -5.47. The van der Waals surface area contributed by atoms with Gasteiger partial charge in [-0.1, -0.05) is 6.42 Å². The molecule has 0 atom stereocenters. The Kier molecular flexibility index (Phi) is 5.34. The topological polar surface area (TPSA) is 101 Å². The molecule has 0 aromatic carbocycles. The van der Waals surface area contributed by atoms with Gasteiger partial charge in [-0.2, -0.15) is 39.1 Å². The third-order valence-corrected chi connectivity index (χ3v) is 6.15. The number of hydrogen-bond acceptors (Lipinski definition) is 6. The quantitative estimate of drug-likeness (QED) is 0.415. The first-order chi connectivity index (χ1) is 10.2. The smallest absolute Gasteiger partial charge is 0.235 e. The molecule has 0 aliphatic carbocycles. The molecule has 0 unspecified atom stereocenters. The fourth-order valence-corrected chi connectivity index (χ4v) is 3.92. The molecule has 0 aromatic rings. The molecular formula is C8H11F6NO6S2. The van der Waals surface area contributed by atoms with Crippen molar-refractivity contribution in [1.82, 2.24) is 4.31 Å². The van der Waals surface area contributed by atoms with Crippen LogP contribution in [0.2, 0.25) is 0 Å². The highest BCUT2D eigenvalue weighted by molar-refractivity contribution is 7.90. The van der Waals surface area contributed by atoms with Crippen LogP contribution in [0.5, 0.6) is 0 Å². The predicted octanol–water partition coefficient (Wildman–Crippen LogP) is 1.44. The Morgan fingerprint density at radius 2 is 1.26 bits per heavy atom. The van der Waals surface area contributed by atoms with Crippen LogP contribution in [0.4, 0.5) is 26.3 Å². The first kappa shape index (κ1) is 20.4. The predicted molar refractivity (Wildman–Crippen MR) is 61.8 cm³/mol. The van der Waals surface area contributed by atoms with E-state index in [4.69, 9.17) is 5.26 Å². The molecule has 0 bridgehead atoms. The summed E-state index contributed by atoms with van der Waals surface area (Å²) >= 11 is 0. The lowest BCUT2D eigenvalue weighted by Gasteiger charge is -2.35. The van der Waals surface area contributed by atoms with E-state index in [9.17, 15) is 43.2 Å². The van der Waals surface area contributed by atoms with Crippen LogP contribution in [0.3, 0.4) is 0 Å². The van der Waals surface area contributed by atoms with E-state index in [0.29, 0.717) is 6.42 Å². The van der Waals surface area contributed by atoms with Gasteiger partial charge in [0.25, 0.3) is 10.0 Å². The lowest BCUT2D eigenvalue weighted by Crippen LogP contribution is -2.63. The van der Waals surface area contributed by atoms with E-state index in [1.54, 1.807) is 0 Å². The molecule has 0 saturated carbocycles. The summed E-state index contributed by atoms with van der Waals surface area (Å²) in [6.45, 7) is -1.22. The number of rotatable bonds is 6. The Morgan fingerprint density at radius 3 is 1.65 bits per heavy atom. The van der Waals surface area contributed by atoms with Crippen molar-refractivity contribution in [3.05, 3.63) is 0 Å². The lowest BCUT2D eigenvalue weighted by atomic mass is 10.2. The number of nitrogens with zero attached hydrogens (tertiary/aromatic N) is 1. The normalized spacial score (nSPS) is 19.8. The molecule has 0 spiro atoms. The first-order valence-electron chi connectivity index (χ1n) is 5.87. The standard InChI is InChI=1S/C8H11F6NO6S2/c9-6(10,8(13,14)23(19,20)21-16)7(11,12)22(17,18)15-4-2-1-3-5-15/h16H,1-5H2. The minimum atomic E-state index is -6.92. The highest BCUT2D eigenvalue weighted by atomic mass is 32.2. The molecule has 0 radical (unpaired) electrons. The molecule has 1 fully saturated rings. The summed E-state index contributed by atoms with van der Waals surface area (Å²) in [4.78, 5) is 0. The van der Waals surface area contributed by atoms with E-state index in [0.717, 1.165) is 0 Å². The zero-order valence-corrected chi connectivity index (χ0v) is 12.7. The van der Waals surface area contributed by atoms with Gasteiger partial charge in [0.05, 0.1) is 0 Å². The van der Waals surface area contributed by atoms with Gasteiger partial charge >= 0.3 is 26.5 Å². The van der Waals surface area contributed by atoms with Gasteiger partial charge in [0.15, 0.2) is 0 Å². The van der Waals surface area contributed by atoms with Crippen molar-refractivity contribution in [3.8, 4) is 0 Å². The van der Waals surface area contributed by atoms with Crippen LogP contribution in [0.25, 0.3) is 0 Å². The molecular weight excluding hydrogens is 384 g/mol. The first-order valence-corrected chi connectivity index (χ1v) is 8.72. The molecule has 1 heterocycles. The molecule has 0 aromatic heterocycles. The molecule has 1 rings (SSSR count). The molecule has 23 heavy (non-hydrogen) atoms. The van der Waals surface area contributed by atoms with E-state index >= 15 is 0 Å². The van der Waals surface area contributed by atoms with Crippen LogP contribution < -0.4 is 0 Å². The van der Waals surface area contributed by atoms with Crippen LogP contribution in [-0.4, -0.2) is 55.9 Å². The van der Waals surface area contributed by atoms with Gasteiger partial charge in [-0.3, -0.25) is 0 Å². The van der Waals surface area contributed by atoms with E-state index in [2.05, 4.69) is 4.33 Å². The van der Waals surface area contributed by atoms with Crippen molar-refractivity contribution in [1.29, 1.82) is 0 Å². The highest BCUT2D eigenvalue weighted by Gasteiger charge is 2.83. The Morgan fingerprint density at radius 1 is 0.826 bits per heavy atom. The second kappa shape index (κ2) is 6.02. The summed E-state index contributed by atoms with van der Waals surface area (Å²) in [6.07, 6.45) is 0.488. The third kappa shape index (κ3) is 2.92. The van der Waals surface area contributed by atoms with Crippen molar-refractivity contribution in [2.45, 2.75) is 35.7 Å². The highest BCUT2D eigenvalue weighted by Crippen LogP contribution is 2.51. The summed E-state index contributed by atoms with van der Waals surface area (Å²) in [5.74, 6) is -6.90. The number of hydrogen-bond donors (Lipinski definition) is 1. The van der Waals surface area contributed by atoms with Crippen molar-refractivity contribution in [2.75, 3.05) is 13.1 Å². The minimum Gasteiger partial charge on any atom is -0.235 e. The number of alkyl halides is 6. The van der Waals surface area contributed by atoms with Gasteiger partial charge in [0, 0.05) is 13.1 Å². The zero-order chi connectivity index (χ0) is 18.3. The molecule has 15 heteroatoms. The largest absolute Gasteiger partial charge is 0.441 e. The maximum absolute atomic E-state index is 13.7. The van der Waals surface area contributed by atoms with Crippen LogP contribution >= 0.6 is 0 Å². The molecule has 1 aliphatic rings. The van der Waals surface area contributed by atoms with Crippen LogP contribution in [0, 0.1) is 0 Å². The summed E-state index contributed by atoms with van der Waals surface area (Å²) in [5.41, 5.74) is 0. The van der Waals surface area contributed by atoms with E-state index in [1.165, 1.54) is 0 Å². The summed E-state index contributed by atoms with van der Waals surface area (Å²) in [7, 11) is -13.2. The second-order valence-electron chi connectivity index (χ2n) is 4.60. The average molecular weight is 395 g/mol. The molecule has 138 valence electrons. The van der Waals surface area contributed by atoms with E-state index in [-0.39, 0.29) is 17.1 Å². The van der Waals surface area contributed by atoms with Crippen LogP contribution in [-0.2, 0) is 24.5 Å². The molecule has 0 amide bonds. The van der Waals surface area contributed by atoms with Crippen LogP contribution in [0.15, 0.2) is 0 Å². The van der Waals surface area contributed by atoms with Gasteiger partial charge in [0.2, 0.25) is 0 Å². The molecule has 1 saturated heterocycles. The average Bonchev–Trinajstić information content (AvgIpc) is 2.47. The van der Waals surface area contributed by atoms with Gasteiger partial charge < -0.3 is 0 Å². The maximum atomic E-state index is 13.7. The fourth-order valence-electron chi connectivity index (χ4n) is 1.80. The summed E-state index contributed by atoms with van der Waals surface area (Å²) in [6, 6.07) is 0. The van der Waals surface area contributed by atoms with Crippen molar-refractivity contribution in [2.24, 2.45) is 0 Å². The lowest BCUT2D eigenvalue weighted by molar-refractivity contribution is -0.254. The van der Waals surface area contributed by atoms with Gasteiger partial charge in [0.1, 0.15) is 0 Å². The molecule has 7 nitrogen and oxygen atoms in total. The Bertz CT molecular complexity index is 642. The second-order valence-corrected chi connectivity index (χ2v) is 8.15. The number of piperidine rings is 1. The van der Waals surface area contributed by atoms with Gasteiger partial charge in [-0.25, -0.2) is 13.7 Å². The van der Waals surface area contributed by atoms with Gasteiger partial charge in [-0.05, 0) is 12.8 Å². The zero-order valence-electron chi connectivity index (χ0n) is 11.1. The Labute approximate surface area is 126 Å². The number of sulfonamides is 1. The molecule has 1 N–H and O–H groups in total. The molecule has 1 aliphatic heterocycles. The monoisotopic (exact) mass is 395 g/mol. The third-order valence-electron chi connectivity index (χ3n) is 3.12. The van der Waals surface area contributed by atoms with Crippen molar-refractivity contribution < 1.29 is 52.8 Å². The SMILES string of the molecule is O=S(=O)(OO)C(F)(F)C(F)(F)C(F)(F)S(=O)(=O)N1CCCCC1. The van der Waals surface area contributed by atoms with E-state index < -0.39 is 49.7 Å². The van der Waals surface area contributed by atoms with Crippen molar-refractivity contribution in [3.63, 3.8) is 0 Å². The van der Waals surface area contributed by atoms with Crippen molar-refractivity contribution >= 4 is 20.1 Å². The maximum Gasteiger partial charge on any atom is 0.441 e. The van der Waals surface area contributed by atoms with E-state index in [1.807, 2.05) is 0 Å². The Hall–Kier alpha value is -0.640. The number of halogens is 6. The van der Waals surface area contributed by atoms with Gasteiger partial charge in [-0.15, -0.1) is 4.33 Å². The fraction of sp³-hybridized carbons (Fsp3) is 1.00. The Balaban J connectivity index is 3.39. The minimum absolute atomic E-state index is 0.0370. The van der Waals surface area contributed by atoms with Crippen LogP contribution in [0.1, 0.15) is 19.3 Å². The summed E-state index contributed by atoms with van der Waals surface area (Å²) < 4.78 is 127.